The molecule has 7 heteroatoms. The highest BCUT2D eigenvalue weighted by Crippen LogP contribution is 2.17. The first-order chi connectivity index (χ1) is 16.5. The quantitative estimate of drug-likeness (QED) is 0.288. The number of unbranched alkanes of at least 4 members (excludes halogenated alkanes) is 1. The molecule has 0 aliphatic carbocycles. The van der Waals surface area contributed by atoms with Crippen LogP contribution in [0.15, 0.2) is 76.3 Å². The van der Waals surface area contributed by atoms with Gasteiger partial charge in [0, 0.05) is 16.5 Å². The zero-order valence-corrected chi connectivity index (χ0v) is 21.0. The van der Waals surface area contributed by atoms with Gasteiger partial charge in [-0.05, 0) is 43.0 Å². The van der Waals surface area contributed by atoms with Gasteiger partial charge in [-0.25, -0.2) is 19.5 Å². The van der Waals surface area contributed by atoms with Crippen molar-refractivity contribution in [2.75, 3.05) is 0 Å². The molecule has 0 saturated heterocycles. The highest BCUT2D eigenvalue weighted by molar-refractivity contribution is 9.10. The lowest BCUT2D eigenvalue weighted by Crippen LogP contribution is -2.29. The van der Waals surface area contributed by atoms with Gasteiger partial charge in [-0.1, -0.05) is 71.7 Å². The van der Waals surface area contributed by atoms with Crippen molar-refractivity contribution in [1.82, 2.24) is 19.5 Å². The molecule has 6 nitrogen and oxygen atoms in total. The Hall–Kier alpha value is -3.32. The Morgan fingerprint density at radius 1 is 0.971 bits per heavy atom. The molecule has 0 radical (unpaired) electrons. The average Bonchev–Trinajstić information content (AvgIpc) is 2.86. The van der Waals surface area contributed by atoms with Gasteiger partial charge in [0.2, 0.25) is 5.95 Å². The van der Waals surface area contributed by atoms with Crippen LogP contribution in [-0.4, -0.2) is 19.5 Å². The topological polar surface area (TPSA) is 69.9 Å². The van der Waals surface area contributed by atoms with Crippen LogP contribution in [0.4, 0.5) is 0 Å². The second kappa shape index (κ2) is 11.2. The van der Waals surface area contributed by atoms with Crippen molar-refractivity contribution < 1.29 is 4.74 Å². The van der Waals surface area contributed by atoms with Crippen LogP contribution in [0, 0.1) is 6.92 Å². The number of aromatic nitrogens is 4. The fourth-order valence-electron chi connectivity index (χ4n) is 3.73. The number of benzene rings is 2. The lowest BCUT2D eigenvalue weighted by atomic mass is 10.0. The summed E-state index contributed by atoms with van der Waals surface area (Å²) in [6.07, 6.45) is 6.48. The maximum atomic E-state index is 13.6. The molecule has 0 atom stereocenters. The fourth-order valence-corrected chi connectivity index (χ4v) is 3.99. The number of rotatable bonds is 9. The third-order valence-corrected chi connectivity index (χ3v) is 6.08. The first-order valence-corrected chi connectivity index (χ1v) is 12.2. The second-order valence-electron chi connectivity index (χ2n) is 8.12. The Bertz CT molecular complexity index is 1290. The van der Waals surface area contributed by atoms with Gasteiger partial charge < -0.3 is 4.74 Å². The molecule has 0 spiro atoms. The number of ether oxygens (including phenoxy) is 1. The van der Waals surface area contributed by atoms with E-state index >= 15 is 0 Å². The van der Waals surface area contributed by atoms with Crippen molar-refractivity contribution in [3.05, 3.63) is 110 Å². The molecular formula is C27H27BrN4O2. The molecule has 174 valence electrons. The molecule has 0 amide bonds. The summed E-state index contributed by atoms with van der Waals surface area (Å²) in [7, 11) is 0. The Morgan fingerprint density at radius 2 is 1.68 bits per heavy atom. The van der Waals surface area contributed by atoms with Crippen LogP contribution in [0.1, 0.15) is 48.0 Å². The SMILES string of the molecule is CCCCc1nc(C)n(-c2ncc(OCc3ccccc3)cn2)c(=O)c1Cc1ccc(Br)cc1. The molecule has 2 aromatic carbocycles. The van der Waals surface area contributed by atoms with E-state index < -0.39 is 0 Å². The second-order valence-corrected chi connectivity index (χ2v) is 9.04. The van der Waals surface area contributed by atoms with Gasteiger partial charge in [0.05, 0.1) is 18.1 Å². The largest absolute Gasteiger partial charge is 0.486 e. The smallest absolute Gasteiger partial charge is 0.264 e. The molecule has 0 aliphatic heterocycles. The van der Waals surface area contributed by atoms with Crippen LogP contribution in [0.5, 0.6) is 5.75 Å². The number of aryl methyl sites for hydroxylation is 2. The molecule has 0 unspecified atom stereocenters. The number of hydrogen-bond acceptors (Lipinski definition) is 5. The third-order valence-electron chi connectivity index (χ3n) is 5.55. The van der Waals surface area contributed by atoms with Crippen LogP contribution in [0.25, 0.3) is 5.95 Å². The van der Waals surface area contributed by atoms with Crippen LogP contribution < -0.4 is 10.3 Å². The molecule has 0 bridgehead atoms. The Kier molecular flexibility index (Phi) is 7.85. The van der Waals surface area contributed by atoms with E-state index in [-0.39, 0.29) is 5.56 Å². The van der Waals surface area contributed by atoms with E-state index in [1.165, 1.54) is 4.57 Å². The van der Waals surface area contributed by atoms with E-state index in [1.54, 1.807) is 12.4 Å². The first-order valence-electron chi connectivity index (χ1n) is 11.4. The predicted molar refractivity (Wildman–Crippen MR) is 136 cm³/mol. The fraction of sp³-hybridized carbons (Fsp3) is 0.259. The normalized spacial score (nSPS) is 10.9. The Morgan fingerprint density at radius 3 is 2.35 bits per heavy atom. The summed E-state index contributed by atoms with van der Waals surface area (Å²) in [5.74, 6) is 1.41. The van der Waals surface area contributed by atoms with E-state index in [0.29, 0.717) is 36.1 Å². The zero-order chi connectivity index (χ0) is 23.9. The maximum Gasteiger partial charge on any atom is 0.264 e. The van der Waals surface area contributed by atoms with Gasteiger partial charge in [0.1, 0.15) is 12.4 Å². The molecule has 2 heterocycles. The lowest BCUT2D eigenvalue weighted by molar-refractivity contribution is 0.303. The van der Waals surface area contributed by atoms with Crippen LogP contribution in [0.2, 0.25) is 0 Å². The molecule has 0 fully saturated rings. The van der Waals surface area contributed by atoms with Gasteiger partial charge in [-0.15, -0.1) is 0 Å². The maximum absolute atomic E-state index is 13.6. The van der Waals surface area contributed by atoms with Crippen LogP contribution >= 0.6 is 15.9 Å². The average molecular weight is 519 g/mol. The van der Waals surface area contributed by atoms with Gasteiger partial charge in [0.25, 0.3) is 5.56 Å². The van der Waals surface area contributed by atoms with E-state index in [2.05, 4.69) is 32.8 Å². The minimum absolute atomic E-state index is 0.125. The standard InChI is InChI=1S/C27H27BrN4O2/c1-3-4-10-25-24(15-20-11-13-22(28)14-12-20)26(33)32(19(2)31-25)27-29-16-23(17-30-27)34-18-21-8-6-5-7-9-21/h5-9,11-14,16-17H,3-4,10,15,18H2,1-2H3. The van der Waals surface area contributed by atoms with Crippen molar-refractivity contribution in [1.29, 1.82) is 0 Å². The van der Waals surface area contributed by atoms with Crippen LogP contribution in [-0.2, 0) is 19.4 Å². The summed E-state index contributed by atoms with van der Waals surface area (Å²) < 4.78 is 8.28. The van der Waals surface area contributed by atoms with Crippen molar-refractivity contribution >= 4 is 15.9 Å². The molecule has 34 heavy (non-hydrogen) atoms. The van der Waals surface area contributed by atoms with Crippen LogP contribution in [0.3, 0.4) is 0 Å². The first kappa shape index (κ1) is 23.8. The monoisotopic (exact) mass is 518 g/mol. The van der Waals surface area contributed by atoms with Crippen molar-refractivity contribution in [2.45, 2.75) is 46.1 Å². The van der Waals surface area contributed by atoms with Gasteiger partial charge in [0.15, 0.2) is 5.75 Å². The zero-order valence-electron chi connectivity index (χ0n) is 19.4. The van der Waals surface area contributed by atoms with Gasteiger partial charge in [-0.2, -0.15) is 0 Å². The van der Waals surface area contributed by atoms with E-state index in [4.69, 9.17) is 9.72 Å². The summed E-state index contributed by atoms with van der Waals surface area (Å²) in [6, 6.07) is 17.9. The molecule has 0 N–H and O–H groups in total. The number of hydrogen-bond donors (Lipinski definition) is 0. The number of halogens is 1. The van der Waals surface area contributed by atoms with E-state index in [1.807, 2.05) is 61.5 Å². The molecular weight excluding hydrogens is 492 g/mol. The minimum atomic E-state index is -0.125. The highest BCUT2D eigenvalue weighted by Gasteiger charge is 2.17. The van der Waals surface area contributed by atoms with Crippen molar-refractivity contribution in [2.24, 2.45) is 0 Å². The predicted octanol–water partition coefficient (Wildman–Crippen LogP) is 5.61. The third kappa shape index (κ3) is 5.78. The van der Waals surface area contributed by atoms with E-state index in [9.17, 15) is 4.79 Å². The van der Waals surface area contributed by atoms with Crippen molar-refractivity contribution in [3.63, 3.8) is 0 Å². The van der Waals surface area contributed by atoms with Gasteiger partial charge in [-0.3, -0.25) is 4.79 Å². The molecule has 0 saturated carbocycles. The number of nitrogens with zero attached hydrogens (tertiary/aromatic N) is 4. The molecule has 4 aromatic rings. The lowest BCUT2D eigenvalue weighted by Gasteiger charge is -2.15. The van der Waals surface area contributed by atoms with Crippen molar-refractivity contribution in [3.8, 4) is 11.7 Å². The minimum Gasteiger partial charge on any atom is -0.486 e. The summed E-state index contributed by atoms with van der Waals surface area (Å²) in [5.41, 5.74) is 3.53. The molecule has 0 aliphatic rings. The Balaban J connectivity index is 1.64. The molecule has 4 rings (SSSR count). The summed E-state index contributed by atoms with van der Waals surface area (Å²) >= 11 is 3.47. The Labute approximate surface area is 207 Å². The summed E-state index contributed by atoms with van der Waals surface area (Å²) in [5, 5.41) is 0. The van der Waals surface area contributed by atoms with E-state index in [0.717, 1.165) is 40.6 Å². The summed E-state index contributed by atoms with van der Waals surface area (Å²) in [6.45, 7) is 4.38. The van der Waals surface area contributed by atoms with Gasteiger partial charge >= 0.3 is 0 Å². The summed E-state index contributed by atoms with van der Waals surface area (Å²) in [4.78, 5) is 27.3. The molecule has 2 aromatic heterocycles. The highest BCUT2D eigenvalue weighted by atomic mass is 79.9.